The van der Waals surface area contributed by atoms with Gasteiger partial charge in [0.1, 0.15) is 5.69 Å². The Morgan fingerprint density at radius 3 is 2.49 bits per heavy atom. The normalized spacial score (nSPS) is 20.3. The van der Waals surface area contributed by atoms with Gasteiger partial charge in [0.2, 0.25) is 16.6 Å². The van der Waals surface area contributed by atoms with Crippen molar-refractivity contribution >= 4 is 39.5 Å². The predicted octanol–water partition coefficient (Wildman–Crippen LogP) is 5.26. The molecule has 0 bridgehead atoms. The molecule has 0 unspecified atom stereocenters. The average Bonchev–Trinajstić information content (AvgIpc) is 3.24. The number of carbonyl (C=O) groups excluding carboxylic acids is 3. The number of ketones is 1. The van der Waals surface area contributed by atoms with Crippen molar-refractivity contribution in [3.63, 3.8) is 0 Å². The van der Waals surface area contributed by atoms with Crippen LogP contribution >= 0.6 is 11.8 Å². The first-order valence-electron chi connectivity index (χ1n) is 13.2. The lowest BCUT2D eigenvalue weighted by Gasteiger charge is -2.28. The fraction of sp³-hybridized carbons (Fsp3) is 0.258. The van der Waals surface area contributed by atoms with Gasteiger partial charge in [-0.3, -0.25) is 14.4 Å². The maximum Gasteiger partial charge on any atom is 0.274 e. The van der Waals surface area contributed by atoms with Gasteiger partial charge in [-0.2, -0.15) is 0 Å². The summed E-state index contributed by atoms with van der Waals surface area (Å²) in [6.07, 6.45) is 2.35. The Labute approximate surface area is 239 Å². The van der Waals surface area contributed by atoms with Gasteiger partial charge in [-0.05, 0) is 55.3 Å². The SMILES string of the molecule is COc1cc2cc(C(=O)N3C[C@H]4C[C@@]45C3=CC(=O)c3[nH]c(C)c(C(=O)Sc4ccccc4)c35)[nH]c2c(OC)c1OC. The number of methoxy groups -OCH3 is 3. The number of piperidine rings is 1. The molecule has 2 N–H and O–H groups in total. The van der Waals surface area contributed by atoms with Gasteiger partial charge >= 0.3 is 0 Å². The maximum absolute atomic E-state index is 14.0. The topological polar surface area (TPSA) is 114 Å². The van der Waals surface area contributed by atoms with Crippen LogP contribution in [0.2, 0.25) is 0 Å². The zero-order valence-electron chi connectivity index (χ0n) is 22.9. The molecule has 1 saturated carbocycles. The van der Waals surface area contributed by atoms with E-state index in [4.69, 9.17) is 14.2 Å². The number of hydrogen-bond donors (Lipinski definition) is 2. The number of thioether (sulfide) groups is 1. The molecule has 4 aromatic rings. The van der Waals surface area contributed by atoms with Gasteiger partial charge < -0.3 is 29.1 Å². The standard InChI is InChI=1S/C31H27N3O6S/c1-15-23(30(37)41-18-8-6-5-7-9-18)24-26(32-15)20(35)12-22-31(24)13-17(31)14-34(22)29(36)19-10-16-11-21(38-2)27(39-3)28(40-4)25(16)33-19/h5-12,17,32-33H,13-14H2,1-4H3/t17-,31+/m1/s1. The Balaban J connectivity index is 1.27. The van der Waals surface area contributed by atoms with Crippen LogP contribution in [0.1, 0.15) is 49.0 Å². The number of H-pyrrole nitrogens is 2. The van der Waals surface area contributed by atoms with Gasteiger partial charge in [0, 0.05) is 45.3 Å². The number of hydrogen-bond acceptors (Lipinski definition) is 7. The van der Waals surface area contributed by atoms with E-state index in [0.717, 1.165) is 34.0 Å². The number of ether oxygens (including phenoxy) is 3. The molecule has 1 aliphatic heterocycles. The number of aromatic nitrogens is 2. The molecule has 2 aromatic carbocycles. The summed E-state index contributed by atoms with van der Waals surface area (Å²) in [5, 5.41) is 0.612. The Kier molecular flexibility index (Phi) is 5.62. The first-order valence-corrected chi connectivity index (χ1v) is 14.0. The molecule has 3 heterocycles. The quantitative estimate of drug-likeness (QED) is 0.305. The van der Waals surface area contributed by atoms with Crippen LogP contribution in [-0.2, 0) is 5.41 Å². The van der Waals surface area contributed by atoms with Crippen LogP contribution in [-0.4, -0.2) is 59.5 Å². The van der Waals surface area contributed by atoms with Gasteiger partial charge in [-0.25, -0.2) is 0 Å². The van der Waals surface area contributed by atoms with Gasteiger partial charge in [0.15, 0.2) is 11.5 Å². The van der Waals surface area contributed by atoms with E-state index in [2.05, 4.69) is 9.97 Å². The van der Waals surface area contributed by atoms with E-state index in [0.29, 0.717) is 57.7 Å². The van der Waals surface area contributed by atoms with E-state index in [-0.39, 0.29) is 22.7 Å². The zero-order valence-corrected chi connectivity index (χ0v) is 23.7. The van der Waals surface area contributed by atoms with E-state index < -0.39 is 5.41 Å². The molecule has 3 aliphatic rings. The molecule has 10 heteroatoms. The van der Waals surface area contributed by atoms with Crippen molar-refractivity contribution in [2.24, 2.45) is 5.92 Å². The molecule has 41 heavy (non-hydrogen) atoms. The lowest BCUT2D eigenvalue weighted by Crippen LogP contribution is -2.34. The van der Waals surface area contributed by atoms with Crippen molar-refractivity contribution in [1.29, 1.82) is 0 Å². The van der Waals surface area contributed by atoms with E-state index in [9.17, 15) is 14.4 Å². The highest BCUT2D eigenvalue weighted by molar-refractivity contribution is 8.14. The van der Waals surface area contributed by atoms with Crippen LogP contribution in [0.15, 0.2) is 59.1 Å². The second kappa shape index (κ2) is 9.04. The molecule has 2 aromatic heterocycles. The largest absolute Gasteiger partial charge is 0.493 e. The van der Waals surface area contributed by atoms with Crippen LogP contribution in [0.4, 0.5) is 0 Å². The summed E-state index contributed by atoms with van der Waals surface area (Å²) in [5.41, 5.74) is 3.47. The average molecular weight is 570 g/mol. The fourth-order valence-electron chi connectivity index (χ4n) is 6.62. The summed E-state index contributed by atoms with van der Waals surface area (Å²) in [5.74, 6) is 0.968. The number of allylic oxidation sites excluding steroid dienone is 2. The number of rotatable bonds is 6. The van der Waals surface area contributed by atoms with Gasteiger partial charge in [-0.15, -0.1) is 0 Å². The molecule has 208 valence electrons. The summed E-state index contributed by atoms with van der Waals surface area (Å²) >= 11 is 1.15. The number of nitrogens with one attached hydrogen (secondary N) is 2. The minimum absolute atomic E-state index is 0.115. The Bertz CT molecular complexity index is 1820. The van der Waals surface area contributed by atoms with E-state index in [1.807, 2.05) is 37.3 Å². The van der Waals surface area contributed by atoms with Crippen molar-refractivity contribution in [2.75, 3.05) is 27.9 Å². The smallest absolute Gasteiger partial charge is 0.274 e. The summed E-state index contributed by atoms with van der Waals surface area (Å²) in [4.78, 5) is 49.9. The molecular formula is C31H27N3O6S. The van der Waals surface area contributed by atoms with E-state index in [1.165, 1.54) is 14.2 Å². The predicted molar refractivity (Wildman–Crippen MR) is 153 cm³/mol. The Morgan fingerprint density at radius 2 is 1.78 bits per heavy atom. The van der Waals surface area contributed by atoms with Crippen LogP contribution in [0.3, 0.4) is 0 Å². The number of benzene rings is 2. The number of aryl methyl sites for hydroxylation is 1. The minimum atomic E-state index is -0.540. The van der Waals surface area contributed by atoms with Crippen molar-refractivity contribution in [1.82, 2.24) is 14.9 Å². The van der Waals surface area contributed by atoms with Crippen LogP contribution in [0.5, 0.6) is 17.2 Å². The number of nitrogens with zero attached hydrogens (tertiary/aromatic N) is 1. The maximum atomic E-state index is 14.0. The first-order chi connectivity index (χ1) is 19.8. The summed E-state index contributed by atoms with van der Waals surface area (Å²) in [7, 11) is 4.59. The van der Waals surface area contributed by atoms with Crippen molar-refractivity contribution in [3.05, 3.63) is 82.4 Å². The monoisotopic (exact) mass is 569 g/mol. The van der Waals surface area contributed by atoms with E-state index in [1.54, 1.807) is 30.2 Å². The van der Waals surface area contributed by atoms with Crippen molar-refractivity contribution in [2.45, 2.75) is 23.7 Å². The lowest BCUT2D eigenvalue weighted by atomic mass is 9.83. The molecule has 2 fully saturated rings. The number of amides is 1. The van der Waals surface area contributed by atoms with Gasteiger partial charge in [0.05, 0.1) is 38.1 Å². The molecule has 1 saturated heterocycles. The lowest BCUT2D eigenvalue weighted by molar-refractivity contribution is 0.0806. The number of likely N-dealkylation sites (tertiary alicyclic amines) is 1. The molecule has 9 nitrogen and oxygen atoms in total. The third-order valence-electron chi connectivity index (χ3n) is 8.46. The number of fused-ring (bicyclic) bond motifs is 2. The Morgan fingerprint density at radius 1 is 1.02 bits per heavy atom. The summed E-state index contributed by atoms with van der Waals surface area (Å²) in [6.45, 7) is 2.29. The molecule has 2 aliphatic carbocycles. The third kappa shape index (κ3) is 3.53. The summed E-state index contributed by atoms with van der Waals surface area (Å²) < 4.78 is 16.6. The van der Waals surface area contributed by atoms with Crippen molar-refractivity contribution < 1.29 is 28.6 Å². The van der Waals surface area contributed by atoms with E-state index >= 15 is 0 Å². The van der Waals surface area contributed by atoms with Gasteiger partial charge in [-0.1, -0.05) is 18.2 Å². The van der Waals surface area contributed by atoms with Crippen LogP contribution in [0, 0.1) is 12.8 Å². The van der Waals surface area contributed by atoms with Gasteiger partial charge in [0.25, 0.3) is 5.91 Å². The minimum Gasteiger partial charge on any atom is -0.493 e. The highest BCUT2D eigenvalue weighted by Gasteiger charge is 2.69. The van der Waals surface area contributed by atoms with Crippen molar-refractivity contribution in [3.8, 4) is 17.2 Å². The number of carbonyl (C=O) groups is 3. The molecule has 1 spiro atoms. The molecular weight excluding hydrogens is 542 g/mol. The number of aromatic amines is 2. The second-order valence-corrected chi connectivity index (χ2v) is 11.6. The van der Waals surface area contributed by atoms with Crippen LogP contribution < -0.4 is 14.2 Å². The molecule has 1 amide bonds. The zero-order chi connectivity index (χ0) is 28.6. The molecule has 0 radical (unpaired) electrons. The highest BCUT2D eigenvalue weighted by atomic mass is 32.2. The third-order valence-corrected chi connectivity index (χ3v) is 9.35. The second-order valence-electron chi connectivity index (χ2n) is 10.6. The fourth-order valence-corrected chi connectivity index (χ4v) is 7.48. The summed E-state index contributed by atoms with van der Waals surface area (Å²) in [6, 6.07) is 13.0. The molecule has 7 rings (SSSR count). The van der Waals surface area contributed by atoms with Crippen LogP contribution in [0.25, 0.3) is 10.9 Å². The first kappa shape index (κ1) is 25.5. The highest BCUT2D eigenvalue weighted by Crippen LogP contribution is 2.67. The molecule has 2 atom stereocenters. The Hall–Kier alpha value is -4.44.